The highest BCUT2D eigenvalue weighted by Gasteiger charge is 2.36. The Morgan fingerprint density at radius 3 is 2.33 bits per heavy atom. The lowest BCUT2D eigenvalue weighted by Crippen LogP contribution is -2.47. The van der Waals surface area contributed by atoms with Crippen LogP contribution in [0.3, 0.4) is 0 Å². The second-order valence-electron chi connectivity index (χ2n) is 5.65. The van der Waals surface area contributed by atoms with Gasteiger partial charge in [0, 0.05) is 12.0 Å². The SMILES string of the molecule is COc1ccc([C@H]2CC(=O)N(C(=O)c3ccccc3)CC2=O)cc1. The highest BCUT2D eigenvalue weighted by atomic mass is 16.5. The van der Waals surface area contributed by atoms with Crippen molar-refractivity contribution < 1.29 is 19.1 Å². The number of rotatable bonds is 3. The lowest BCUT2D eigenvalue weighted by molar-refractivity contribution is -0.139. The van der Waals surface area contributed by atoms with Gasteiger partial charge < -0.3 is 4.74 Å². The Hall–Kier alpha value is -2.95. The third-order valence-corrected chi connectivity index (χ3v) is 4.17. The van der Waals surface area contributed by atoms with E-state index in [-0.39, 0.29) is 24.7 Å². The fourth-order valence-electron chi connectivity index (χ4n) is 2.81. The van der Waals surface area contributed by atoms with Crippen LogP contribution in [0.15, 0.2) is 54.6 Å². The van der Waals surface area contributed by atoms with E-state index in [4.69, 9.17) is 4.74 Å². The molecule has 1 heterocycles. The lowest BCUT2D eigenvalue weighted by atomic mass is 9.87. The van der Waals surface area contributed by atoms with Gasteiger partial charge in [0.05, 0.1) is 19.6 Å². The van der Waals surface area contributed by atoms with Crippen molar-refractivity contribution in [2.24, 2.45) is 0 Å². The van der Waals surface area contributed by atoms with Gasteiger partial charge >= 0.3 is 0 Å². The first-order chi connectivity index (χ1) is 11.6. The standard InChI is InChI=1S/C19H17NO4/c1-24-15-9-7-13(8-10-15)16-11-18(22)20(12-17(16)21)19(23)14-5-3-2-4-6-14/h2-10,16H,11-12H2,1H3/t16-/m1/s1. The molecular weight excluding hydrogens is 306 g/mol. The molecule has 0 N–H and O–H groups in total. The number of ether oxygens (including phenoxy) is 1. The summed E-state index contributed by atoms with van der Waals surface area (Å²) in [5, 5.41) is 0. The van der Waals surface area contributed by atoms with Gasteiger partial charge in [0.1, 0.15) is 5.75 Å². The van der Waals surface area contributed by atoms with Gasteiger partial charge in [0.2, 0.25) is 5.91 Å². The summed E-state index contributed by atoms with van der Waals surface area (Å²) in [5.41, 5.74) is 1.17. The molecule has 2 aromatic carbocycles. The maximum atomic E-state index is 12.5. The Morgan fingerprint density at radius 2 is 1.71 bits per heavy atom. The number of carbonyl (C=O) groups excluding carboxylic acids is 3. The summed E-state index contributed by atoms with van der Waals surface area (Å²) in [4.78, 5) is 38.3. The molecule has 2 amide bonds. The van der Waals surface area contributed by atoms with Gasteiger partial charge in [0.15, 0.2) is 5.78 Å². The van der Waals surface area contributed by atoms with Crippen LogP contribution in [-0.4, -0.2) is 36.2 Å². The molecule has 1 aliphatic heterocycles. The molecule has 0 bridgehead atoms. The van der Waals surface area contributed by atoms with Gasteiger partial charge in [-0.2, -0.15) is 0 Å². The van der Waals surface area contributed by atoms with Crippen LogP contribution in [0, 0.1) is 0 Å². The number of amides is 2. The van der Waals surface area contributed by atoms with Gasteiger partial charge in [-0.05, 0) is 29.8 Å². The van der Waals surface area contributed by atoms with Crippen LogP contribution in [0.2, 0.25) is 0 Å². The van der Waals surface area contributed by atoms with E-state index >= 15 is 0 Å². The van der Waals surface area contributed by atoms with Crippen LogP contribution in [0.5, 0.6) is 5.75 Å². The Kier molecular flexibility index (Phi) is 4.42. The summed E-state index contributed by atoms with van der Waals surface area (Å²) in [6, 6.07) is 15.6. The predicted molar refractivity (Wildman–Crippen MR) is 87.8 cm³/mol. The quantitative estimate of drug-likeness (QED) is 0.814. The van der Waals surface area contributed by atoms with Crippen LogP contribution in [0.1, 0.15) is 28.3 Å². The fourth-order valence-corrected chi connectivity index (χ4v) is 2.81. The Balaban J connectivity index is 1.78. The number of hydrogen-bond acceptors (Lipinski definition) is 4. The average Bonchev–Trinajstić information content (AvgIpc) is 2.63. The van der Waals surface area contributed by atoms with E-state index in [0.29, 0.717) is 11.3 Å². The topological polar surface area (TPSA) is 63.7 Å². The number of benzene rings is 2. The Bertz CT molecular complexity index is 768. The Morgan fingerprint density at radius 1 is 1.04 bits per heavy atom. The molecule has 1 saturated heterocycles. The first kappa shape index (κ1) is 15.9. The van der Waals surface area contributed by atoms with Crippen molar-refractivity contribution in [3.8, 4) is 5.75 Å². The summed E-state index contributed by atoms with van der Waals surface area (Å²) in [6.45, 7) is -0.191. The van der Waals surface area contributed by atoms with E-state index in [1.807, 2.05) is 0 Å². The van der Waals surface area contributed by atoms with E-state index in [2.05, 4.69) is 0 Å². The highest BCUT2D eigenvalue weighted by molar-refractivity contribution is 6.10. The first-order valence-corrected chi connectivity index (χ1v) is 7.66. The van der Waals surface area contributed by atoms with E-state index in [9.17, 15) is 14.4 Å². The smallest absolute Gasteiger partial charge is 0.260 e. The van der Waals surface area contributed by atoms with Gasteiger partial charge in [-0.15, -0.1) is 0 Å². The molecule has 0 spiro atoms. The van der Waals surface area contributed by atoms with Crippen LogP contribution < -0.4 is 4.74 Å². The number of nitrogens with zero attached hydrogens (tertiary/aromatic N) is 1. The molecule has 1 aliphatic rings. The minimum atomic E-state index is -0.511. The zero-order valence-corrected chi connectivity index (χ0v) is 13.3. The second-order valence-corrected chi connectivity index (χ2v) is 5.65. The summed E-state index contributed by atoms with van der Waals surface area (Å²) in [5.74, 6) is -0.715. The first-order valence-electron chi connectivity index (χ1n) is 7.66. The van der Waals surface area contributed by atoms with Crippen LogP contribution in [0.25, 0.3) is 0 Å². The maximum Gasteiger partial charge on any atom is 0.260 e. The molecule has 0 saturated carbocycles. The fraction of sp³-hybridized carbons (Fsp3) is 0.211. The molecule has 1 atom stereocenters. The predicted octanol–water partition coefficient (Wildman–Crippen LogP) is 2.42. The molecule has 5 heteroatoms. The van der Waals surface area contributed by atoms with Crippen molar-refractivity contribution >= 4 is 17.6 Å². The van der Waals surface area contributed by atoms with E-state index < -0.39 is 11.8 Å². The van der Waals surface area contributed by atoms with Crippen molar-refractivity contribution in [1.29, 1.82) is 0 Å². The molecule has 0 aliphatic carbocycles. The average molecular weight is 323 g/mol. The zero-order valence-electron chi connectivity index (χ0n) is 13.3. The second kappa shape index (κ2) is 6.66. The number of Topliss-reactive ketones (excluding diaryl/α,β-unsaturated/α-hetero) is 1. The number of carbonyl (C=O) groups is 3. The third kappa shape index (κ3) is 3.06. The molecular formula is C19H17NO4. The maximum absolute atomic E-state index is 12.5. The van der Waals surface area contributed by atoms with Crippen LogP contribution in [-0.2, 0) is 9.59 Å². The molecule has 3 rings (SSSR count). The summed E-state index contributed by atoms with van der Waals surface area (Å²) in [7, 11) is 1.57. The van der Waals surface area contributed by atoms with E-state index in [1.165, 1.54) is 0 Å². The molecule has 0 aromatic heterocycles. The highest BCUT2D eigenvalue weighted by Crippen LogP contribution is 2.28. The van der Waals surface area contributed by atoms with Crippen LogP contribution >= 0.6 is 0 Å². The normalized spacial score (nSPS) is 17.7. The number of ketones is 1. The van der Waals surface area contributed by atoms with E-state index in [1.54, 1.807) is 61.7 Å². The van der Waals surface area contributed by atoms with Crippen LogP contribution in [0.4, 0.5) is 0 Å². The number of likely N-dealkylation sites (tertiary alicyclic amines) is 1. The van der Waals surface area contributed by atoms with Crippen molar-refractivity contribution in [3.63, 3.8) is 0 Å². The van der Waals surface area contributed by atoms with Crippen molar-refractivity contribution in [2.45, 2.75) is 12.3 Å². The monoisotopic (exact) mass is 323 g/mol. The van der Waals surface area contributed by atoms with Crippen molar-refractivity contribution in [1.82, 2.24) is 4.90 Å². The summed E-state index contributed by atoms with van der Waals surface area (Å²) >= 11 is 0. The summed E-state index contributed by atoms with van der Waals surface area (Å²) < 4.78 is 5.10. The number of methoxy groups -OCH3 is 1. The lowest BCUT2D eigenvalue weighted by Gasteiger charge is -2.29. The Labute approximate surface area is 139 Å². The van der Waals surface area contributed by atoms with Gasteiger partial charge in [-0.25, -0.2) is 0 Å². The molecule has 2 aromatic rings. The number of hydrogen-bond donors (Lipinski definition) is 0. The number of imide groups is 1. The van der Waals surface area contributed by atoms with E-state index in [0.717, 1.165) is 10.5 Å². The molecule has 5 nitrogen and oxygen atoms in total. The minimum absolute atomic E-state index is 0.00371. The molecule has 0 unspecified atom stereocenters. The molecule has 1 fully saturated rings. The number of piperidine rings is 1. The summed E-state index contributed by atoms with van der Waals surface area (Å²) in [6.07, 6.45) is 0.00371. The molecule has 24 heavy (non-hydrogen) atoms. The molecule has 0 radical (unpaired) electrons. The van der Waals surface area contributed by atoms with Gasteiger partial charge in [0.25, 0.3) is 5.91 Å². The van der Waals surface area contributed by atoms with Crippen molar-refractivity contribution in [3.05, 3.63) is 65.7 Å². The molecule has 122 valence electrons. The van der Waals surface area contributed by atoms with Gasteiger partial charge in [-0.1, -0.05) is 30.3 Å². The third-order valence-electron chi connectivity index (χ3n) is 4.17. The zero-order chi connectivity index (χ0) is 17.1. The van der Waals surface area contributed by atoms with Crippen molar-refractivity contribution in [2.75, 3.05) is 13.7 Å². The van der Waals surface area contributed by atoms with Gasteiger partial charge in [-0.3, -0.25) is 19.3 Å². The minimum Gasteiger partial charge on any atom is -0.497 e. The largest absolute Gasteiger partial charge is 0.497 e.